The number of nitrogens with zero attached hydrogens (tertiary/aromatic N) is 4. The number of hydrogen-bond donors (Lipinski definition) is 4. The van der Waals surface area contributed by atoms with Gasteiger partial charge in [-0.1, -0.05) is 0 Å². The van der Waals surface area contributed by atoms with Gasteiger partial charge >= 0.3 is 0 Å². The fraction of sp³-hybridized carbons (Fsp3) is 0.643. The molecule has 12 heteroatoms. The van der Waals surface area contributed by atoms with Crippen LogP contribution in [0.4, 0.5) is 5.82 Å². The highest BCUT2D eigenvalue weighted by Gasteiger charge is 2.44. The highest BCUT2D eigenvalue weighted by molar-refractivity contribution is 7.99. The first-order valence-corrected chi connectivity index (χ1v) is 9.15. The van der Waals surface area contributed by atoms with Crippen molar-refractivity contribution in [3.8, 4) is 0 Å². The molecular weight excluding hydrogens is 364 g/mol. The molecule has 0 aromatic carbocycles. The number of anilines is 1. The maximum absolute atomic E-state index is 10.4. The number of ether oxygens (including phenoxy) is 1. The van der Waals surface area contributed by atoms with Crippen LogP contribution < -0.4 is 11.5 Å². The van der Waals surface area contributed by atoms with E-state index in [9.17, 15) is 10.2 Å². The van der Waals surface area contributed by atoms with E-state index in [0.29, 0.717) is 29.1 Å². The Morgan fingerprint density at radius 3 is 2.92 bits per heavy atom. The molecule has 1 saturated heterocycles. The first-order valence-electron chi connectivity index (χ1n) is 8.00. The van der Waals surface area contributed by atoms with Crippen LogP contribution >= 0.6 is 11.8 Å². The van der Waals surface area contributed by atoms with Crippen LogP contribution in [0.3, 0.4) is 0 Å². The lowest BCUT2D eigenvalue weighted by Gasteiger charge is -2.16. The summed E-state index contributed by atoms with van der Waals surface area (Å²) in [6.45, 7) is 0. The molecule has 3 heterocycles. The third kappa shape index (κ3) is 3.91. The van der Waals surface area contributed by atoms with Gasteiger partial charge in [0, 0.05) is 5.75 Å². The van der Waals surface area contributed by atoms with Gasteiger partial charge in [-0.3, -0.25) is 4.57 Å². The molecule has 0 unspecified atom stereocenters. The quantitative estimate of drug-likeness (QED) is 0.191. The molecule has 0 saturated carbocycles. The smallest absolute Gasteiger partial charge is 0.167 e. The Bertz CT molecular complexity index is 733. The Morgan fingerprint density at radius 2 is 2.15 bits per heavy atom. The maximum Gasteiger partial charge on any atom is 0.167 e. The Hall–Kier alpha value is -1.54. The number of nitrogen functional groups attached to an aromatic ring is 1. The van der Waals surface area contributed by atoms with Gasteiger partial charge in [-0.05, 0) is 12.2 Å². The fourth-order valence-electron chi connectivity index (χ4n) is 2.72. The second-order valence-electron chi connectivity index (χ2n) is 5.79. The van der Waals surface area contributed by atoms with Crippen molar-refractivity contribution in [2.75, 3.05) is 24.3 Å². The summed E-state index contributed by atoms with van der Waals surface area (Å²) in [5.74, 6) is 1.41. The van der Waals surface area contributed by atoms with Crippen molar-refractivity contribution in [2.24, 2.45) is 5.73 Å². The molecule has 0 spiro atoms. The van der Waals surface area contributed by atoms with E-state index in [-0.39, 0.29) is 5.82 Å². The lowest BCUT2D eigenvalue weighted by Crippen LogP contribution is -2.32. The molecule has 3 rings (SSSR count). The molecule has 1 aliphatic rings. The topological polar surface area (TPSA) is 164 Å². The SMILES string of the molecule is COO[C@@H](N)CCSC[C@H]1O[C@@H](n2cnc3c(N)ncnc32)[C@H](O)[C@@H]1O. The van der Waals surface area contributed by atoms with E-state index in [2.05, 4.69) is 19.8 Å². The number of imidazole rings is 1. The molecule has 0 aliphatic carbocycles. The van der Waals surface area contributed by atoms with E-state index >= 15 is 0 Å². The Morgan fingerprint density at radius 1 is 1.35 bits per heavy atom. The van der Waals surface area contributed by atoms with Gasteiger partial charge in [0.25, 0.3) is 0 Å². The van der Waals surface area contributed by atoms with Gasteiger partial charge in [-0.2, -0.15) is 11.8 Å². The van der Waals surface area contributed by atoms with Gasteiger partial charge in [0.15, 0.2) is 17.7 Å². The van der Waals surface area contributed by atoms with Gasteiger partial charge < -0.3 is 26.4 Å². The largest absolute Gasteiger partial charge is 0.387 e. The summed E-state index contributed by atoms with van der Waals surface area (Å²) in [4.78, 5) is 21.5. The zero-order chi connectivity index (χ0) is 18.7. The number of hydrogen-bond acceptors (Lipinski definition) is 11. The summed E-state index contributed by atoms with van der Waals surface area (Å²) in [5, 5.41) is 20.7. The van der Waals surface area contributed by atoms with Crippen molar-refractivity contribution in [3.63, 3.8) is 0 Å². The molecule has 0 radical (unpaired) electrons. The van der Waals surface area contributed by atoms with Crippen LogP contribution in [0.25, 0.3) is 11.2 Å². The average molecular weight is 386 g/mol. The van der Waals surface area contributed by atoms with Crippen LogP contribution in [0.15, 0.2) is 12.7 Å². The van der Waals surface area contributed by atoms with Crippen molar-refractivity contribution in [3.05, 3.63) is 12.7 Å². The molecule has 5 atom stereocenters. The average Bonchev–Trinajstić information content (AvgIpc) is 3.16. The number of aliphatic hydroxyl groups is 2. The van der Waals surface area contributed by atoms with Gasteiger partial charge in [0.05, 0.1) is 19.5 Å². The Balaban J connectivity index is 1.61. The van der Waals surface area contributed by atoms with Crippen molar-refractivity contribution in [2.45, 2.75) is 37.2 Å². The van der Waals surface area contributed by atoms with Crippen molar-refractivity contribution in [1.29, 1.82) is 0 Å². The fourth-order valence-corrected chi connectivity index (χ4v) is 3.80. The summed E-state index contributed by atoms with van der Waals surface area (Å²) in [6, 6.07) is 0. The summed E-state index contributed by atoms with van der Waals surface area (Å²) >= 11 is 1.53. The molecule has 1 fully saturated rings. The van der Waals surface area contributed by atoms with E-state index in [1.807, 2.05) is 0 Å². The van der Waals surface area contributed by atoms with Crippen molar-refractivity contribution < 1.29 is 24.7 Å². The predicted octanol–water partition coefficient (Wildman–Crippen LogP) is -0.986. The lowest BCUT2D eigenvalue weighted by molar-refractivity contribution is -0.303. The molecule has 26 heavy (non-hydrogen) atoms. The second kappa shape index (κ2) is 8.43. The van der Waals surface area contributed by atoms with Crippen LogP contribution in [-0.2, 0) is 14.5 Å². The second-order valence-corrected chi connectivity index (χ2v) is 6.94. The number of nitrogens with two attached hydrogens (primary N) is 2. The maximum atomic E-state index is 10.4. The minimum atomic E-state index is -1.12. The summed E-state index contributed by atoms with van der Waals surface area (Å²) < 4.78 is 7.40. The van der Waals surface area contributed by atoms with Crippen LogP contribution in [0.2, 0.25) is 0 Å². The summed E-state index contributed by atoms with van der Waals surface area (Å²) in [6.07, 6.45) is -0.663. The van der Waals surface area contributed by atoms with Crippen LogP contribution in [0.5, 0.6) is 0 Å². The highest BCUT2D eigenvalue weighted by atomic mass is 32.2. The first-order chi connectivity index (χ1) is 12.5. The van der Waals surface area contributed by atoms with E-state index in [4.69, 9.17) is 21.1 Å². The number of aliphatic hydroxyl groups excluding tert-OH is 2. The molecule has 6 N–H and O–H groups in total. The van der Waals surface area contributed by atoms with Crippen LogP contribution in [0.1, 0.15) is 12.6 Å². The zero-order valence-corrected chi connectivity index (χ0v) is 15.0. The number of rotatable bonds is 8. The summed E-state index contributed by atoms with van der Waals surface area (Å²) in [7, 11) is 1.40. The van der Waals surface area contributed by atoms with Gasteiger partial charge in [-0.25, -0.2) is 24.7 Å². The van der Waals surface area contributed by atoms with Gasteiger partial charge in [0.1, 0.15) is 30.3 Å². The lowest BCUT2D eigenvalue weighted by atomic mass is 10.1. The van der Waals surface area contributed by atoms with E-state index in [0.717, 1.165) is 0 Å². The minimum Gasteiger partial charge on any atom is -0.387 e. The van der Waals surface area contributed by atoms with Crippen LogP contribution in [0, 0.1) is 0 Å². The first kappa shape index (κ1) is 19.2. The Labute approximate surface area is 153 Å². The van der Waals surface area contributed by atoms with E-state index < -0.39 is 30.8 Å². The monoisotopic (exact) mass is 386 g/mol. The van der Waals surface area contributed by atoms with E-state index in [1.165, 1.54) is 31.5 Å². The number of aromatic nitrogens is 4. The zero-order valence-electron chi connectivity index (χ0n) is 14.1. The molecule has 1 aliphatic heterocycles. The van der Waals surface area contributed by atoms with Gasteiger partial charge in [0.2, 0.25) is 0 Å². The third-order valence-corrected chi connectivity index (χ3v) is 5.14. The normalized spacial score (nSPS) is 27.2. The third-order valence-electron chi connectivity index (χ3n) is 4.05. The molecule has 11 nitrogen and oxygen atoms in total. The Kier molecular flexibility index (Phi) is 6.24. The van der Waals surface area contributed by atoms with Crippen LogP contribution in [-0.4, -0.2) is 72.9 Å². The molecule has 0 bridgehead atoms. The van der Waals surface area contributed by atoms with Crippen molar-refractivity contribution >= 4 is 28.7 Å². The molecule has 2 aromatic heterocycles. The molecule has 144 valence electrons. The predicted molar refractivity (Wildman–Crippen MR) is 93.7 cm³/mol. The van der Waals surface area contributed by atoms with Crippen molar-refractivity contribution in [1.82, 2.24) is 19.5 Å². The summed E-state index contributed by atoms with van der Waals surface area (Å²) in [5.41, 5.74) is 12.3. The highest BCUT2D eigenvalue weighted by Crippen LogP contribution is 2.33. The van der Waals surface area contributed by atoms with E-state index in [1.54, 1.807) is 4.57 Å². The number of fused-ring (bicyclic) bond motifs is 1. The molecular formula is C14H22N6O5S. The molecule has 0 amide bonds. The van der Waals surface area contributed by atoms with Gasteiger partial charge in [-0.15, -0.1) is 0 Å². The standard InChI is InChI=1S/C14H22N6O5S/c1-23-25-8(15)2-3-26-4-7-10(21)11(22)14(24-7)20-6-19-9-12(16)17-5-18-13(9)20/h5-8,10-11,14,21-22H,2-4,15H2,1H3,(H2,16,17,18)/t7-,8-,10-,11-,14-/m1/s1. The number of thioether (sulfide) groups is 1. The molecule has 2 aromatic rings. The minimum absolute atomic E-state index is 0.239.